The molecule has 8 nitrogen and oxygen atoms in total. The van der Waals surface area contributed by atoms with Gasteiger partial charge in [-0.1, -0.05) is 0 Å². The minimum Gasteiger partial charge on any atom is -0.497 e. The molecule has 1 spiro atoms. The Labute approximate surface area is 182 Å². The Morgan fingerprint density at radius 3 is 2.53 bits per heavy atom. The quantitative estimate of drug-likeness (QED) is 0.682. The molecule has 5 rings (SSSR count). The number of fused-ring (bicyclic) bond motifs is 2. The average Bonchev–Trinajstić information content (AvgIpc) is 3.45. The summed E-state index contributed by atoms with van der Waals surface area (Å²) in [5.74, 6) is -1.53. The Kier molecular flexibility index (Phi) is 4.27. The molecule has 2 heterocycles. The number of hydrogen-bond donors (Lipinski definition) is 1. The summed E-state index contributed by atoms with van der Waals surface area (Å²) in [5.41, 5.74) is 6.81. The molecule has 1 aliphatic heterocycles. The van der Waals surface area contributed by atoms with Gasteiger partial charge in [0.05, 0.1) is 18.7 Å². The molecule has 9 heteroatoms. The second kappa shape index (κ2) is 6.92. The molecule has 2 N–H and O–H groups in total. The molecule has 3 aromatic rings. The standard InChI is InChI=1S/C23H18FN5O3/c1-32-15-6-7-17(16(24)10-15)29-20-18(19(27-29)21(26)30)23(8-9-23)12-28(22(20)31)14-4-2-13(11-25)3-5-14/h2-7,10H,8-9,12H2,1H3,(H2,26,30). The largest absolute Gasteiger partial charge is 0.497 e. The van der Waals surface area contributed by atoms with Gasteiger partial charge >= 0.3 is 0 Å². The van der Waals surface area contributed by atoms with Crippen LogP contribution >= 0.6 is 0 Å². The van der Waals surface area contributed by atoms with Gasteiger partial charge in [0.1, 0.15) is 17.1 Å². The first-order valence-electron chi connectivity index (χ1n) is 9.98. The SMILES string of the molecule is COc1ccc(-n2nc(C(N)=O)c3c2C(=O)N(c2ccc(C#N)cc2)CC32CC2)c(F)c1. The summed E-state index contributed by atoms with van der Waals surface area (Å²) in [5, 5.41) is 13.4. The normalized spacial score (nSPS) is 15.9. The summed E-state index contributed by atoms with van der Waals surface area (Å²) in [6, 6.07) is 12.9. The molecule has 1 aliphatic carbocycles. The molecule has 1 fully saturated rings. The molecule has 0 radical (unpaired) electrons. The fraction of sp³-hybridized carbons (Fsp3) is 0.217. The van der Waals surface area contributed by atoms with Crippen molar-refractivity contribution in [3.8, 4) is 17.5 Å². The number of halogens is 1. The minimum absolute atomic E-state index is 0.0134. The number of anilines is 1. The molecule has 1 aromatic heterocycles. The van der Waals surface area contributed by atoms with E-state index in [0.717, 1.165) is 12.8 Å². The third-order valence-corrected chi connectivity index (χ3v) is 6.10. The summed E-state index contributed by atoms with van der Waals surface area (Å²) >= 11 is 0. The predicted molar refractivity (Wildman–Crippen MR) is 112 cm³/mol. The van der Waals surface area contributed by atoms with E-state index in [9.17, 15) is 14.0 Å². The van der Waals surface area contributed by atoms with Crippen LogP contribution in [-0.2, 0) is 5.41 Å². The molecule has 1 saturated carbocycles. The molecule has 2 aromatic carbocycles. The molecular weight excluding hydrogens is 413 g/mol. The molecule has 2 aliphatic rings. The fourth-order valence-electron chi connectivity index (χ4n) is 4.32. The van der Waals surface area contributed by atoms with Crippen molar-refractivity contribution in [3.63, 3.8) is 0 Å². The third kappa shape index (κ3) is 2.84. The summed E-state index contributed by atoms with van der Waals surface area (Å²) in [7, 11) is 1.42. The van der Waals surface area contributed by atoms with Crippen molar-refractivity contribution in [1.82, 2.24) is 9.78 Å². The molecule has 32 heavy (non-hydrogen) atoms. The number of aromatic nitrogens is 2. The van der Waals surface area contributed by atoms with Crippen LogP contribution in [0.25, 0.3) is 5.69 Å². The first kappa shape index (κ1) is 19.8. The van der Waals surface area contributed by atoms with Gasteiger partial charge in [-0.05, 0) is 49.2 Å². The van der Waals surface area contributed by atoms with E-state index in [4.69, 9.17) is 15.7 Å². The van der Waals surface area contributed by atoms with Crippen molar-refractivity contribution >= 4 is 17.5 Å². The molecule has 0 atom stereocenters. The van der Waals surface area contributed by atoms with Crippen LogP contribution in [0.3, 0.4) is 0 Å². The lowest BCUT2D eigenvalue weighted by Gasteiger charge is -2.33. The van der Waals surface area contributed by atoms with Gasteiger partial charge in [-0.15, -0.1) is 0 Å². The van der Waals surface area contributed by atoms with E-state index in [1.807, 2.05) is 0 Å². The number of nitrogens with two attached hydrogens (primary N) is 1. The predicted octanol–water partition coefficient (Wildman–Crippen LogP) is 2.68. The van der Waals surface area contributed by atoms with Crippen LogP contribution in [0.5, 0.6) is 5.75 Å². The maximum atomic E-state index is 14.9. The van der Waals surface area contributed by atoms with Crippen molar-refractivity contribution in [2.45, 2.75) is 18.3 Å². The van der Waals surface area contributed by atoms with E-state index in [1.54, 1.807) is 35.2 Å². The highest BCUT2D eigenvalue weighted by molar-refractivity contribution is 6.10. The van der Waals surface area contributed by atoms with Gasteiger partial charge in [0.2, 0.25) is 0 Å². The maximum Gasteiger partial charge on any atom is 0.277 e. The Bertz CT molecular complexity index is 1320. The molecule has 0 bridgehead atoms. The van der Waals surface area contributed by atoms with E-state index in [-0.39, 0.29) is 17.1 Å². The van der Waals surface area contributed by atoms with Crippen molar-refractivity contribution in [3.05, 3.63) is 70.8 Å². The Hall–Kier alpha value is -4.19. The molecule has 0 saturated heterocycles. The second-order valence-corrected chi connectivity index (χ2v) is 8.00. The van der Waals surface area contributed by atoms with E-state index in [1.165, 1.54) is 23.9 Å². The number of amides is 2. The van der Waals surface area contributed by atoms with Crippen molar-refractivity contribution < 1.29 is 18.7 Å². The van der Waals surface area contributed by atoms with Crippen LogP contribution in [-0.4, -0.2) is 35.2 Å². The molecular formula is C23H18FN5O3. The molecule has 160 valence electrons. The van der Waals surface area contributed by atoms with Gasteiger partial charge in [-0.25, -0.2) is 9.07 Å². The highest BCUT2D eigenvalue weighted by Gasteiger charge is 2.56. The van der Waals surface area contributed by atoms with Gasteiger partial charge in [0.25, 0.3) is 11.8 Å². The monoisotopic (exact) mass is 431 g/mol. The van der Waals surface area contributed by atoms with Crippen molar-refractivity contribution in [2.75, 3.05) is 18.6 Å². The highest BCUT2D eigenvalue weighted by Crippen LogP contribution is 2.54. The van der Waals surface area contributed by atoms with Crippen LogP contribution < -0.4 is 15.4 Å². The zero-order valence-corrected chi connectivity index (χ0v) is 17.1. The number of primary amides is 1. The maximum absolute atomic E-state index is 14.9. The number of ether oxygens (including phenoxy) is 1. The fourth-order valence-corrected chi connectivity index (χ4v) is 4.32. The zero-order chi connectivity index (χ0) is 22.6. The van der Waals surface area contributed by atoms with E-state index in [2.05, 4.69) is 11.2 Å². The lowest BCUT2D eigenvalue weighted by molar-refractivity contribution is 0.0966. The Balaban J connectivity index is 1.71. The number of hydrogen-bond acceptors (Lipinski definition) is 5. The summed E-state index contributed by atoms with van der Waals surface area (Å²) < 4.78 is 21.2. The van der Waals surface area contributed by atoms with E-state index in [0.29, 0.717) is 29.1 Å². The lowest BCUT2D eigenvalue weighted by Crippen LogP contribution is -2.44. The van der Waals surface area contributed by atoms with Crippen LogP contribution in [0.4, 0.5) is 10.1 Å². The summed E-state index contributed by atoms with van der Waals surface area (Å²) in [4.78, 5) is 27.5. The summed E-state index contributed by atoms with van der Waals surface area (Å²) in [6.45, 7) is 0.349. The van der Waals surface area contributed by atoms with E-state index >= 15 is 0 Å². The van der Waals surface area contributed by atoms with Gasteiger partial charge in [0, 0.05) is 29.3 Å². The van der Waals surface area contributed by atoms with Crippen LogP contribution in [0.15, 0.2) is 42.5 Å². The molecule has 2 amide bonds. The van der Waals surface area contributed by atoms with Crippen LogP contribution in [0, 0.1) is 17.1 Å². The highest BCUT2D eigenvalue weighted by atomic mass is 19.1. The van der Waals surface area contributed by atoms with Gasteiger partial charge in [-0.2, -0.15) is 10.4 Å². The summed E-state index contributed by atoms with van der Waals surface area (Å²) in [6.07, 6.45) is 1.49. The number of benzene rings is 2. The van der Waals surface area contributed by atoms with Gasteiger partial charge in [0.15, 0.2) is 11.5 Å². The number of nitrogens with zero attached hydrogens (tertiary/aromatic N) is 4. The first-order valence-corrected chi connectivity index (χ1v) is 9.98. The van der Waals surface area contributed by atoms with Crippen LogP contribution in [0.2, 0.25) is 0 Å². The van der Waals surface area contributed by atoms with Crippen LogP contribution in [0.1, 0.15) is 44.9 Å². The zero-order valence-electron chi connectivity index (χ0n) is 17.1. The number of methoxy groups -OCH3 is 1. The average molecular weight is 431 g/mol. The van der Waals surface area contributed by atoms with E-state index < -0.39 is 23.0 Å². The van der Waals surface area contributed by atoms with Crippen molar-refractivity contribution in [2.24, 2.45) is 5.73 Å². The topological polar surface area (TPSA) is 114 Å². The van der Waals surface area contributed by atoms with Gasteiger partial charge < -0.3 is 15.4 Å². The first-order chi connectivity index (χ1) is 15.4. The minimum atomic E-state index is -0.764. The smallest absolute Gasteiger partial charge is 0.277 e. The van der Waals surface area contributed by atoms with Crippen molar-refractivity contribution in [1.29, 1.82) is 5.26 Å². The number of carbonyl (C=O) groups is 2. The number of rotatable bonds is 4. The lowest BCUT2D eigenvalue weighted by atomic mass is 9.88. The second-order valence-electron chi connectivity index (χ2n) is 8.00. The number of nitriles is 1. The third-order valence-electron chi connectivity index (χ3n) is 6.10. The number of carbonyl (C=O) groups excluding carboxylic acids is 2. The Morgan fingerprint density at radius 2 is 1.97 bits per heavy atom. The van der Waals surface area contributed by atoms with Gasteiger partial charge in [-0.3, -0.25) is 9.59 Å². The molecule has 0 unspecified atom stereocenters. The Morgan fingerprint density at radius 1 is 1.25 bits per heavy atom.